The van der Waals surface area contributed by atoms with Gasteiger partial charge in [0.25, 0.3) is 0 Å². The van der Waals surface area contributed by atoms with Crippen LogP contribution in [0.3, 0.4) is 0 Å². The van der Waals surface area contributed by atoms with Gasteiger partial charge in [0.15, 0.2) is 0 Å². The van der Waals surface area contributed by atoms with E-state index in [9.17, 15) is 0 Å². The van der Waals surface area contributed by atoms with Gasteiger partial charge in [-0.1, -0.05) is 53.8 Å². The molecular weight excluding hydrogens is 228 g/mol. The zero-order chi connectivity index (χ0) is 12.8. The van der Waals surface area contributed by atoms with Crippen molar-refractivity contribution < 1.29 is 10.4 Å². The average Bonchev–Trinajstić information content (AvgIpc) is 2.46. The molecule has 4 nitrogen and oxygen atoms in total. The summed E-state index contributed by atoms with van der Waals surface area (Å²) < 4.78 is 0. The summed E-state index contributed by atoms with van der Waals surface area (Å²) in [6, 6.07) is 7.95. The minimum atomic E-state index is 0.257. The summed E-state index contributed by atoms with van der Waals surface area (Å²) in [5, 5.41) is 23.3. The van der Waals surface area contributed by atoms with Crippen molar-refractivity contribution in [3.63, 3.8) is 0 Å². The highest BCUT2D eigenvalue weighted by Crippen LogP contribution is 2.32. The van der Waals surface area contributed by atoms with E-state index in [2.05, 4.69) is 22.4 Å². The van der Waals surface area contributed by atoms with Crippen LogP contribution in [0.25, 0.3) is 0 Å². The number of rotatable bonds is 3. The molecule has 0 saturated heterocycles. The van der Waals surface area contributed by atoms with Gasteiger partial charge in [0.2, 0.25) is 0 Å². The maximum absolute atomic E-state index is 8.81. The number of oxime groups is 2. The normalized spacial score (nSPS) is 18.3. The molecular formula is C14H18N2O2. The molecule has 18 heavy (non-hydrogen) atoms. The minimum absolute atomic E-state index is 0.257. The van der Waals surface area contributed by atoms with E-state index in [0.717, 1.165) is 11.8 Å². The van der Waals surface area contributed by atoms with Crippen LogP contribution in [0.4, 0.5) is 0 Å². The summed E-state index contributed by atoms with van der Waals surface area (Å²) in [7, 11) is 0. The maximum atomic E-state index is 8.81. The standard InChI is InChI=1S/C14H18N2O2/c17-15-10-14(16-18)13-8-6-12(7-9-13)11-4-2-1-3-5-11/h6-11,17-18H,1-5H2/b15-10-,16-14+. The molecule has 1 aromatic carbocycles. The lowest BCUT2D eigenvalue weighted by atomic mass is 9.84. The first-order valence-corrected chi connectivity index (χ1v) is 6.35. The van der Waals surface area contributed by atoms with Gasteiger partial charge in [0, 0.05) is 5.56 Å². The average molecular weight is 246 g/mol. The Morgan fingerprint density at radius 1 is 1.06 bits per heavy atom. The van der Waals surface area contributed by atoms with E-state index >= 15 is 0 Å². The second-order valence-corrected chi connectivity index (χ2v) is 4.69. The lowest BCUT2D eigenvalue weighted by molar-refractivity contribution is 0.316. The molecule has 0 aromatic heterocycles. The molecule has 2 N–H and O–H groups in total. The Kier molecular flexibility index (Phi) is 4.34. The lowest BCUT2D eigenvalue weighted by Gasteiger charge is -2.22. The quantitative estimate of drug-likeness (QED) is 0.488. The maximum Gasteiger partial charge on any atom is 0.131 e. The van der Waals surface area contributed by atoms with Gasteiger partial charge in [-0.15, -0.1) is 0 Å². The molecule has 0 unspecified atom stereocenters. The fourth-order valence-corrected chi connectivity index (χ4v) is 2.57. The van der Waals surface area contributed by atoms with Crippen LogP contribution < -0.4 is 0 Å². The molecule has 0 spiro atoms. The summed E-state index contributed by atoms with van der Waals surface area (Å²) in [4.78, 5) is 0. The van der Waals surface area contributed by atoms with Crippen LogP contribution in [0.2, 0.25) is 0 Å². The third-order valence-corrected chi connectivity index (χ3v) is 3.57. The first-order valence-electron chi connectivity index (χ1n) is 6.35. The number of hydrogen-bond donors (Lipinski definition) is 2. The summed E-state index contributed by atoms with van der Waals surface area (Å²) in [6.07, 6.45) is 7.62. The predicted molar refractivity (Wildman–Crippen MR) is 70.9 cm³/mol. The molecule has 2 rings (SSSR count). The van der Waals surface area contributed by atoms with Crippen LogP contribution in [0.1, 0.15) is 49.1 Å². The van der Waals surface area contributed by atoms with Gasteiger partial charge < -0.3 is 10.4 Å². The van der Waals surface area contributed by atoms with Gasteiger partial charge in [-0.25, -0.2) is 0 Å². The van der Waals surface area contributed by atoms with Crippen LogP contribution >= 0.6 is 0 Å². The highest BCUT2D eigenvalue weighted by molar-refractivity contribution is 6.37. The Labute approximate surface area is 107 Å². The van der Waals surface area contributed by atoms with E-state index in [1.54, 1.807) is 0 Å². The van der Waals surface area contributed by atoms with Gasteiger partial charge in [0.05, 0.1) is 6.21 Å². The highest BCUT2D eigenvalue weighted by Gasteiger charge is 2.15. The van der Waals surface area contributed by atoms with Crippen molar-refractivity contribution in [1.82, 2.24) is 0 Å². The first-order chi connectivity index (χ1) is 8.85. The molecule has 96 valence electrons. The molecule has 1 fully saturated rings. The molecule has 0 amide bonds. The Balaban J connectivity index is 2.14. The Bertz CT molecular complexity index is 432. The van der Waals surface area contributed by atoms with Crippen LogP contribution in [0.5, 0.6) is 0 Å². The van der Waals surface area contributed by atoms with E-state index in [1.807, 2.05) is 12.1 Å². The number of hydrogen-bond acceptors (Lipinski definition) is 4. The van der Waals surface area contributed by atoms with Gasteiger partial charge in [0.1, 0.15) is 5.71 Å². The van der Waals surface area contributed by atoms with Crippen molar-refractivity contribution in [3.8, 4) is 0 Å². The molecule has 0 atom stereocenters. The fourth-order valence-electron chi connectivity index (χ4n) is 2.57. The van der Waals surface area contributed by atoms with Crippen LogP contribution in [0.15, 0.2) is 34.6 Å². The summed E-state index contributed by atoms with van der Waals surface area (Å²) in [6.45, 7) is 0. The largest absolute Gasteiger partial charge is 0.411 e. The van der Waals surface area contributed by atoms with Crippen LogP contribution in [-0.2, 0) is 0 Å². The van der Waals surface area contributed by atoms with Gasteiger partial charge >= 0.3 is 0 Å². The lowest BCUT2D eigenvalue weighted by Crippen LogP contribution is -2.06. The Morgan fingerprint density at radius 3 is 2.28 bits per heavy atom. The van der Waals surface area contributed by atoms with E-state index in [0.29, 0.717) is 5.92 Å². The molecule has 1 saturated carbocycles. The molecule has 4 heteroatoms. The zero-order valence-corrected chi connectivity index (χ0v) is 10.3. The van der Waals surface area contributed by atoms with Crippen molar-refractivity contribution in [2.45, 2.75) is 38.0 Å². The smallest absolute Gasteiger partial charge is 0.131 e. The summed E-state index contributed by atoms with van der Waals surface area (Å²) >= 11 is 0. The summed E-state index contributed by atoms with van der Waals surface area (Å²) in [5.74, 6) is 0.661. The SMILES string of the molecule is O/N=C\C(=N/O)c1ccc(C2CCCCC2)cc1. The minimum Gasteiger partial charge on any atom is -0.411 e. The molecule has 1 aliphatic carbocycles. The van der Waals surface area contributed by atoms with Crippen molar-refractivity contribution in [1.29, 1.82) is 0 Å². The monoisotopic (exact) mass is 246 g/mol. The van der Waals surface area contributed by atoms with Crippen molar-refractivity contribution in [2.75, 3.05) is 0 Å². The van der Waals surface area contributed by atoms with Gasteiger partial charge in [-0.05, 0) is 24.3 Å². The van der Waals surface area contributed by atoms with Gasteiger partial charge in [-0.2, -0.15) is 0 Å². The van der Waals surface area contributed by atoms with Crippen LogP contribution in [-0.4, -0.2) is 22.3 Å². The van der Waals surface area contributed by atoms with E-state index in [-0.39, 0.29) is 5.71 Å². The summed E-state index contributed by atoms with van der Waals surface area (Å²) in [5.41, 5.74) is 2.35. The van der Waals surface area contributed by atoms with Crippen LogP contribution in [0, 0.1) is 0 Å². The predicted octanol–water partition coefficient (Wildman–Crippen LogP) is 3.37. The topological polar surface area (TPSA) is 65.2 Å². The Hall–Kier alpha value is -1.84. The molecule has 0 heterocycles. The fraction of sp³-hybridized carbons (Fsp3) is 0.429. The van der Waals surface area contributed by atoms with Crippen molar-refractivity contribution in [2.24, 2.45) is 10.3 Å². The molecule has 0 aliphatic heterocycles. The molecule has 1 aromatic rings. The van der Waals surface area contributed by atoms with E-state index in [1.165, 1.54) is 37.7 Å². The van der Waals surface area contributed by atoms with Gasteiger partial charge in [-0.3, -0.25) is 0 Å². The number of benzene rings is 1. The zero-order valence-electron chi connectivity index (χ0n) is 10.3. The molecule has 1 aliphatic rings. The third kappa shape index (κ3) is 2.88. The Morgan fingerprint density at radius 2 is 1.72 bits per heavy atom. The first kappa shape index (κ1) is 12.6. The van der Waals surface area contributed by atoms with E-state index < -0.39 is 0 Å². The third-order valence-electron chi connectivity index (χ3n) is 3.57. The second kappa shape index (κ2) is 6.19. The molecule has 0 radical (unpaired) electrons. The van der Waals surface area contributed by atoms with E-state index in [4.69, 9.17) is 10.4 Å². The van der Waals surface area contributed by atoms with Crippen molar-refractivity contribution in [3.05, 3.63) is 35.4 Å². The molecule has 0 bridgehead atoms. The van der Waals surface area contributed by atoms with Crippen molar-refractivity contribution >= 4 is 11.9 Å². The second-order valence-electron chi connectivity index (χ2n) is 4.69. The number of nitrogens with zero attached hydrogens (tertiary/aromatic N) is 2. The highest BCUT2D eigenvalue weighted by atomic mass is 16.4.